The number of benzene rings is 1. The summed E-state index contributed by atoms with van der Waals surface area (Å²) in [4.78, 5) is 15.8. The van der Waals surface area contributed by atoms with Crippen molar-refractivity contribution >= 4 is 6.09 Å². The Bertz CT molecular complexity index is 681. The molecule has 1 amide bonds. The number of rotatable bonds is 4. The number of halogens is 3. The number of carbonyl (C=O) groups is 1. The highest BCUT2D eigenvalue weighted by molar-refractivity contribution is 5.68. The van der Waals surface area contributed by atoms with E-state index in [-0.39, 0.29) is 11.7 Å². The third-order valence-corrected chi connectivity index (χ3v) is 4.34. The normalized spacial score (nSPS) is 17.5. The van der Waals surface area contributed by atoms with Crippen LogP contribution in [0.4, 0.5) is 18.0 Å². The number of ether oxygens (including phenoxy) is 2. The summed E-state index contributed by atoms with van der Waals surface area (Å²) in [5.74, 6) is 0. The Hall–Kier alpha value is -1.84. The highest BCUT2D eigenvalue weighted by Crippen LogP contribution is 2.35. The summed E-state index contributed by atoms with van der Waals surface area (Å²) in [6, 6.07) is 3.68. The van der Waals surface area contributed by atoms with E-state index >= 15 is 0 Å². The lowest BCUT2D eigenvalue weighted by Gasteiger charge is -2.35. The van der Waals surface area contributed by atoms with Gasteiger partial charge in [-0.2, -0.15) is 13.2 Å². The van der Waals surface area contributed by atoms with Gasteiger partial charge in [0.15, 0.2) is 6.29 Å². The Morgan fingerprint density at radius 3 is 2.29 bits per heavy atom. The Morgan fingerprint density at radius 2 is 1.79 bits per heavy atom. The second kappa shape index (κ2) is 8.67. The van der Waals surface area contributed by atoms with Gasteiger partial charge in [0, 0.05) is 45.4 Å². The van der Waals surface area contributed by atoms with Crippen LogP contribution in [0.15, 0.2) is 18.2 Å². The Labute approximate surface area is 162 Å². The molecule has 28 heavy (non-hydrogen) atoms. The third-order valence-electron chi connectivity index (χ3n) is 4.34. The maximum Gasteiger partial charge on any atom is 0.416 e. The molecule has 0 aromatic heterocycles. The Morgan fingerprint density at radius 1 is 1.18 bits per heavy atom. The van der Waals surface area contributed by atoms with Crippen LogP contribution in [0.5, 0.6) is 0 Å². The molecule has 0 spiro atoms. The summed E-state index contributed by atoms with van der Waals surface area (Å²) >= 11 is 0. The minimum absolute atomic E-state index is 0.306. The maximum absolute atomic E-state index is 13.1. The standard InChI is InChI=1S/C19H27F3N2O4/c1-18(2,3)28-17(26)24-9-7-23(8-10-24)12-13-5-6-15(19(20,21)22)14(11-13)16(25)27-4/h5-6,11,16,25H,7-10,12H2,1-4H3. The number of methoxy groups -OCH3 is 1. The zero-order valence-corrected chi connectivity index (χ0v) is 16.5. The average molecular weight is 404 g/mol. The van der Waals surface area contributed by atoms with Gasteiger partial charge in [0.05, 0.1) is 5.56 Å². The van der Waals surface area contributed by atoms with Gasteiger partial charge in [-0.25, -0.2) is 4.79 Å². The molecule has 1 aliphatic heterocycles. The monoisotopic (exact) mass is 404 g/mol. The molecule has 1 fully saturated rings. The highest BCUT2D eigenvalue weighted by Gasteiger charge is 2.35. The molecule has 0 saturated carbocycles. The molecule has 6 nitrogen and oxygen atoms in total. The summed E-state index contributed by atoms with van der Waals surface area (Å²) in [6.45, 7) is 7.91. The summed E-state index contributed by atoms with van der Waals surface area (Å²) in [7, 11) is 1.15. The first-order valence-electron chi connectivity index (χ1n) is 9.02. The van der Waals surface area contributed by atoms with E-state index < -0.39 is 23.6 Å². The lowest BCUT2D eigenvalue weighted by Crippen LogP contribution is -2.49. The number of hydrogen-bond donors (Lipinski definition) is 1. The van der Waals surface area contributed by atoms with Gasteiger partial charge in [0.2, 0.25) is 0 Å². The fourth-order valence-corrected chi connectivity index (χ4v) is 2.97. The molecular weight excluding hydrogens is 377 g/mol. The molecular formula is C19H27F3N2O4. The molecule has 1 aliphatic rings. The molecule has 0 bridgehead atoms. The van der Waals surface area contributed by atoms with Crippen LogP contribution in [0, 0.1) is 0 Å². The van der Waals surface area contributed by atoms with Gasteiger partial charge in [0.25, 0.3) is 0 Å². The quantitative estimate of drug-likeness (QED) is 0.780. The van der Waals surface area contributed by atoms with E-state index in [9.17, 15) is 23.1 Å². The first-order chi connectivity index (χ1) is 12.9. The number of aliphatic hydroxyl groups is 1. The topological polar surface area (TPSA) is 62.2 Å². The number of piperazine rings is 1. The lowest BCUT2D eigenvalue weighted by molar-refractivity contribution is -0.144. The van der Waals surface area contributed by atoms with Crippen LogP contribution in [0.2, 0.25) is 0 Å². The smallest absolute Gasteiger partial charge is 0.416 e. The molecule has 2 rings (SSSR count). The van der Waals surface area contributed by atoms with Gasteiger partial charge >= 0.3 is 12.3 Å². The molecule has 1 aromatic rings. The van der Waals surface area contributed by atoms with Gasteiger partial charge < -0.3 is 19.5 Å². The zero-order chi connectivity index (χ0) is 21.1. The van der Waals surface area contributed by atoms with Crippen molar-refractivity contribution in [3.63, 3.8) is 0 Å². The second-order valence-corrected chi connectivity index (χ2v) is 7.75. The minimum atomic E-state index is -4.58. The SMILES string of the molecule is COC(O)c1cc(CN2CCN(C(=O)OC(C)(C)C)CC2)ccc1C(F)(F)F. The van der Waals surface area contributed by atoms with Crippen molar-refractivity contribution in [2.45, 2.75) is 45.4 Å². The van der Waals surface area contributed by atoms with E-state index in [1.54, 1.807) is 25.7 Å². The first-order valence-corrected chi connectivity index (χ1v) is 9.02. The molecule has 158 valence electrons. The molecule has 0 aliphatic carbocycles. The lowest BCUT2D eigenvalue weighted by atomic mass is 10.0. The molecule has 1 heterocycles. The van der Waals surface area contributed by atoms with E-state index in [0.717, 1.165) is 13.2 Å². The maximum atomic E-state index is 13.1. The predicted octanol–water partition coefficient (Wildman–Crippen LogP) is 3.40. The van der Waals surface area contributed by atoms with Crippen molar-refractivity contribution in [1.82, 2.24) is 9.80 Å². The van der Waals surface area contributed by atoms with E-state index in [1.807, 2.05) is 4.90 Å². The summed E-state index contributed by atoms with van der Waals surface area (Å²) < 4.78 is 49.5. The van der Waals surface area contributed by atoms with Crippen LogP contribution in [-0.4, -0.2) is 59.9 Å². The van der Waals surface area contributed by atoms with Crippen molar-refractivity contribution in [2.75, 3.05) is 33.3 Å². The van der Waals surface area contributed by atoms with Crippen LogP contribution in [0.1, 0.15) is 43.8 Å². The predicted molar refractivity (Wildman–Crippen MR) is 96.5 cm³/mol. The number of aliphatic hydroxyl groups excluding tert-OH is 1. The molecule has 9 heteroatoms. The molecule has 1 atom stereocenters. The number of hydrogen-bond acceptors (Lipinski definition) is 5. The summed E-state index contributed by atoms with van der Waals surface area (Å²) in [5.41, 5.74) is -1.16. The van der Waals surface area contributed by atoms with Gasteiger partial charge in [-0.05, 0) is 38.5 Å². The van der Waals surface area contributed by atoms with Gasteiger partial charge in [-0.15, -0.1) is 0 Å². The number of carbonyl (C=O) groups excluding carboxylic acids is 1. The van der Waals surface area contributed by atoms with Gasteiger partial charge in [-0.3, -0.25) is 4.90 Å². The van der Waals surface area contributed by atoms with E-state index in [1.165, 1.54) is 12.1 Å². The van der Waals surface area contributed by atoms with Crippen molar-refractivity contribution in [2.24, 2.45) is 0 Å². The van der Waals surface area contributed by atoms with Crippen LogP contribution < -0.4 is 0 Å². The summed E-state index contributed by atoms with van der Waals surface area (Å²) in [5, 5.41) is 9.80. The van der Waals surface area contributed by atoms with Crippen LogP contribution in [-0.2, 0) is 22.2 Å². The van der Waals surface area contributed by atoms with Crippen molar-refractivity contribution in [3.8, 4) is 0 Å². The van der Waals surface area contributed by atoms with Gasteiger partial charge in [0.1, 0.15) is 5.60 Å². The molecule has 0 radical (unpaired) electrons. The number of nitrogens with zero attached hydrogens (tertiary/aromatic N) is 2. The Kier molecular flexibility index (Phi) is 6.95. The van der Waals surface area contributed by atoms with Crippen LogP contribution in [0.3, 0.4) is 0 Å². The van der Waals surface area contributed by atoms with Crippen LogP contribution >= 0.6 is 0 Å². The average Bonchev–Trinajstić information content (AvgIpc) is 2.59. The van der Waals surface area contributed by atoms with E-state index in [2.05, 4.69) is 4.74 Å². The fourth-order valence-electron chi connectivity index (χ4n) is 2.97. The van der Waals surface area contributed by atoms with Crippen molar-refractivity contribution in [1.29, 1.82) is 0 Å². The molecule has 1 unspecified atom stereocenters. The highest BCUT2D eigenvalue weighted by atomic mass is 19.4. The van der Waals surface area contributed by atoms with E-state index in [0.29, 0.717) is 38.3 Å². The third kappa shape index (κ3) is 6.08. The van der Waals surface area contributed by atoms with Crippen molar-refractivity contribution in [3.05, 3.63) is 34.9 Å². The largest absolute Gasteiger partial charge is 0.444 e. The number of amides is 1. The van der Waals surface area contributed by atoms with Crippen LogP contribution in [0.25, 0.3) is 0 Å². The van der Waals surface area contributed by atoms with Gasteiger partial charge in [-0.1, -0.05) is 6.07 Å². The zero-order valence-electron chi connectivity index (χ0n) is 16.5. The fraction of sp³-hybridized carbons (Fsp3) is 0.632. The molecule has 1 aromatic carbocycles. The second-order valence-electron chi connectivity index (χ2n) is 7.75. The minimum Gasteiger partial charge on any atom is -0.444 e. The Balaban J connectivity index is 2.02. The number of alkyl halides is 3. The van der Waals surface area contributed by atoms with Crippen molar-refractivity contribution < 1.29 is 32.5 Å². The first kappa shape index (κ1) is 22.4. The summed E-state index contributed by atoms with van der Waals surface area (Å²) in [6.07, 6.45) is -6.60. The molecule has 1 N–H and O–H groups in total. The molecule has 1 saturated heterocycles. The van der Waals surface area contributed by atoms with E-state index in [4.69, 9.17) is 4.74 Å².